The van der Waals surface area contributed by atoms with Gasteiger partial charge in [-0.05, 0) is 38.5 Å². The average Bonchev–Trinajstić information content (AvgIpc) is 2.34. The first kappa shape index (κ1) is 16.7. The molecule has 1 atom stereocenters. The van der Waals surface area contributed by atoms with Crippen LogP contribution in [0.5, 0.6) is 0 Å². The average molecular weight is 291 g/mol. The summed E-state index contributed by atoms with van der Waals surface area (Å²) in [6.45, 7) is 5.07. The van der Waals surface area contributed by atoms with Crippen LogP contribution in [0.4, 0.5) is 9.18 Å². The fourth-order valence-corrected chi connectivity index (χ4v) is 1.67. The number of rotatable bonds is 3. The van der Waals surface area contributed by atoms with Gasteiger partial charge in [-0.15, -0.1) is 12.3 Å². The standard InChI is InChI=1S/C16H18FNO3/c1-5-6-13(11-7-9-12(17)10-8-11)14(19)18-15(20)21-16(2,3)4/h1,7-10,13H,6H2,2-4H3,(H,18,19,20). The van der Waals surface area contributed by atoms with E-state index in [1.807, 2.05) is 0 Å². The zero-order chi connectivity index (χ0) is 16.0. The first-order valence-corrected chi connectivity index (χ1v) is 6.45. The predicted molar refractivity (Wildman–Crippen MR) is 77.0 cm³/mol. The van der Waals surface area contributed by atoms with E-state index >= 15 is 0 Å². The monoisotopic (exact) mass is 291 g/mol. The van der Waals surface area contributed by atoms with Gasteiger partial charge in [0.05, 0.1) is 5.92 Å². The lowest BCUT2D eigenvalue weighted by Crippen LogP contribution is -2.38. The van der Waals surface area contributed by atoms with Crippen molar-refractivity contribution in [2.75, 3.05) is 0 Å². The molecule has 0 bridgehead atoms. The number of carbonyl (C=O) groups is 2. The topological polar surface area (TPSA) is 55.4 Å². The van der Waals surface area contributed by atoms with Crippen LogP contribution in [-0.4, -0.2) is 17.6 Å². The van der Waals surface area contributed by atoms with Gasteiger partial charge in [-0.2, -0.15) is 0 Å². The molecule has 0 radical (unpaired) electrons. The van der Waals surface area contributed by atoms with Crippen molar-refractivity contribution < 1.29 is 18.7 Å². The predicted octanol–water partition coefficient (Wildman–Crippen LogP) is 2.98. The lowest BCUT2D eigenvalue weighted by Gasteiger charge is -2.20. The summed E-state index contributed by atoms with van der Waals surface area (Å²) < 4.78 is 17.9. The van der Waals surface area contributed by atoms with Crippen molar-refractivity contribution in [2.24, 2.45) is 0 Å². The second-order valence-electron chi connectivity index (χ2n) is 5.50. The number of halogens is 1. The second-order valence-corrected chi connectivity index (χ2v) is 5.50. The van der Waals surface area contributed by atoms with E-state index in [1.165, 1.54) is 24.3 Å². The normalized spacial score (nSPS) is 12.1. The van der Waals surface area contributed by atoms with E-state index in [0.29, 0.717) is 5.56 Å². The lowest BCUT2D eigenvalue weighted by molar-refractivity contribution is -0.122. The maximum Gasteiger partial charge on any atom is 0.414 e. The van der Waals surface area contributed by atoms with Gasteiger partial charge < -0.3 is 4.74 Å². The fraction of sp³-hybridized carbons (Fsp3) is 0.375. The highest BCUT2D eigenvalue weighted by atomic mass is 19.1. The van der Waals surface area contributed by atoms with Crippen molar-refractivity contribution in [1.29, 1.82) is 0 Å². The molecule has 1 aromatic rings. The van der Waals surface area contributed by atoms with Crippen molar-refractivity contribution in [3.05, 3.63) is 35.6 Å². The first-order chi connectivity index (χ1) is 9.73. The molecule has 0 aliphatic carbocycles. The molecule has 0 aromatic heterocycles. The van der Waals surface area contributed by atoms with Gasteiger partial charge in [0.15, 0.2) is 0 Å². The Hall–Kier alpha value is -2.35. The van der Waals surface area contributed by atoms with Gasteiger partial charge in [-0.25, -0.2) is 9.18 Å². The quantitative estimate of drug-likeness (QED) is 0.871. The number of hydrogen-bond donors (Lipinski definition) is 1. The van der Waals surface area contributed by atoms with Gasteiger partial charge in [-0.1, -0.05) is 12.1 Å². The number of amides is 2. The molecular weight excluding hydrogens is 273 g/mol. The van der Waals surface area contributed by atoms with Gasteiger partial charge >= 0.3 is 6.09 Å². The Morgan fingerprint density at radius 3 is 2.38 bits per heavy atom. The summed E-state index contributed by atoms with van der Waals surface area (Å²) in [6, 6.07) is 5.40. The third kappa shape index (κ3) is 5.65. The molecular formula is C16H18FNO3. The number of carbonyl (C=O) groups excluding carboxylic acids is 2. The summed E-state index contributed by atoms with van der Waals surface area (Å²) in [5.41, 5.74) is -0.169. The Balaban J connectivity index is 2.81. The number of alkyl carbamates (subject to hydrolysis) is 1. The van der Waals surface area contributed by atoms with E-state index in [4.69, 9.17) is 11.2 Å². The Kier molecular flexibility index (Phi) is 5.48. The molecule has 4 nitrogen and oxygen atoms in total. The maximum atomic E-state index is 12.9. The second kappa shape index (κ2) is 6.89. The maximum absolute atomic E-state index is 12.9. The highest BCUT2D eigenvalue weighted by Crippen LogP contribution is 2.20. The van der Waals surface area contributed by atoms with Crippen molar-refractivity contribution in [3.8, 4) is 12.3 Å². The molecule has 0 heterocycles. The molecule has 0 aliphatic rings. The van der Waals surface area contributed by atoms with E-state index in [0.717, 1.165) is 0 Å². The minimum absolute atomic E-state index is 0.0975. The molecule has 112 valence electrons. The Bertz CT molecular complexity index is 552. The molecule has 1 aromatic carbocycles. The fourth-order valence-electron chi connectivity index (χ4n) is 1.67. The van der Waals surface area contributed by atoms with Crippen LogP contribution < -0.4 is 5.32 Å². The minimum Gasteiger partial charge on any atom is -0.444 e. The lowest BCUT2D eigenvalue weighted by atomic mass is 9.95. The molecule has 1 rings (SSSR count). The molecule has 2 amide bonds. The third-order valence-electron chi connectivity index (χ3n) is 2.53. The van der Waals surface area contributed by atoms with E-state index in [9.17, 15) is 14.0 Å². The number of terminal acetylenes is 1. The largest absolute Gasteiger partial charge is 0.444 e. The Morgan fingerprint density at radius 1 is 1.33 bits per heavy atom. The zero-order valence-corrected chi connectivity index (χ0v) is 12.3. The molecule has 21 heavy (non-hydrogen) atoms. The summed E-state index contributed by atoms with van der Waals surface area (Å²) >= 11 is 0. The van der Waals surface area contributed by atoms with Crippen LogP contribution in [0, 0.1) is 18.2 Å². The van der Waals surface area contributed by atoms with Crippen LogP contribution in [0.3, 0.4) is 0 Å². The van der Waals surface area contributed by atoms with Crippen molar-refractivity contribution in [1.82, 2.24) is 5.32 Å². The molecule has 5 heteroatoms. The summed E-state index contributed by atoms with van der Waals surface area (Å²) in [7, 11) is 0. The van der Waals surface area contributed by atoms with Gasteiger partial charge in [0.2, 0.25) is 5.91 Å². The highest BCUT2D eigenvalue weighted by Gasteiger charge is 2.24. The molecule has 0 aliphatic heterocycles. The third-order valence-corrected chi connectivity index (χ3v) is 2.53. The SMILES string of the molecule is C#CCC(C(=O)NC(=O)OC(C)(C)C)c1ccc(F)cc1. The van der Waals surface area contributed by atoms with E-state index in [1.54, 1.807) is 20.8 Å². The van der Waals surface area contributed by atoms with Gasteiger partial charge in [0.25, 0.3) is 0 Å². The van der Waals surface area contributed by atoms with Gasteiger partial charge in [0, 0.05) is 6.42 Å². The summed E-state index contributed by atoms with van der Waals surface area (Å²) in [5.74, 6) is 0.657. The number of nitrogens with one attached hydrogen (secondary N) is 1. The molecule has 0 spiro atoms. The summed E-state index contributed by atoms with van der Waals surface area (Å²) in [6.07, 6.45) is 4.51. The molecule has 0 fully saturated rings. The van der Waals surface area contributed by atoms with E-state index in [-0.39, 0.29) is 6.42 Å². The molecule has 0 saturated carbocycles. The number of benzene rings is 1. The number of hydrogen-bond acceptors (Lipinski definition) is 3. The van der Waals surface area contributed by atoms with Crippen LogP contribution in [0.25, 0.3) is 0 Å². The van der Waals surface area contributed by atoms with Crippen molar-refractivity contribution in [2.45, 2.75) is 38.7 Å². The molecule has 1 unspecified atom stereocenters. The van der Waals surface area contributed by atoms with Crippen LogP contribution in [0.15, 0.2) is 24.3 Å². The van der Waals surface area contributed by atoms with Gasteiger partial charge in [-0.3, -0.25) is 10.1 Å². The van der Waals surface area contributed by atoms with E-state index < -0.39 is 29.3 Å². The number of ether oxygens (including phenoxy) is 1. The van der Waals surface area contributed by atoms with Crippen LogP contribution in [0.1, 0.15) is 38.7 Å². The van der Waals surface area contributed by atoms with Crippen LogP contribution in [0.2, 0.25) is 0 Å². The highest BCUT2D eigenvalue weighted by molar-refractivity contribution is 5.95. The first-order valence-electron chi connectivity index (χ1n) is 6.45. The zero-order valence-electron chi connectivity index (χ0n) is 12.3. The van der Waals surface area contributed by atoms with Crippen LogP contribution in [-0.2, 0) is 9.53 Å². The van der Waals surface area contributed by atoms with Gasteiger partial charge in [0.1, 0.15) is 11.4 Å². The molecule has 1 N–H and O–H groups in total. The Labute approximate surface area is 123 Å². The van der Waals surface area contributed by atoms with E-state index in [2.05, 4.69) is 11.2 Å². The van der Waals surface area contributed by atoms with Crippen LogP contribution >= 0.6 is 0 Å². The van der Waals surface area contributed by atoms with Crippen molar-refractivity contribution >= 4 is 12.0 Å². The summed E-state index contributed by atoms with van der Waals surface area (Å²) in [5, 5.41) is 2.15. The number of imide groups is 1. The minimum atomic E-state index is -0.836. The Morgan fingerprint density at radius 2 is 1.90 bits per heavy atom. The summed E-state index contributed by atoms with van der Waals surface area (Å²) in [4.78, 5) is 23.7. The smallest absolute Gasteiger partial charge is 0.414 e. The van der Waals surface area contributed by atoms with Crippen molar-refractivity contribution in [3.63, 3.8) is 0 Å². The molecule has 0 saturated heterocycles.